The molecule has 0 saturated carbocycles. The number of hydrogen-bond acceptors (Lipinski definition) is 4. The number of benzene rings is 4. The summed E-state index contributed by atoms with van der Waals surface area (Å²) in [6.45, 7) is 0. The van der Waals surface area contributed by atoms with E-state index in [0.29, 0.717) is 17.5 Å². The highest BCUT2D eigenvalue weighted by Gasteiger charge is 2.44. The normalized spacial score (nSPS) is 13.3. The summed E-state index contributed by atoms with van der Waals surface area (Å²) in [5, 5.41) is 17.0. The Hall–Kier alpha value is -3.60. The summed E-state index contributed by atoms with van der Waals surface area (Å²) < 4.78 is 24.2. The van der Waals surface area contributed by atoms with Gasteiger partial charge in [0.25, 0.3) is 5.69 Å². The van der Waals surface area contributed by atoms with Gasteiger partial charge in [0.15, 0.2) is 0 Å². The molecule has 0 saturated heterocycles. The zero-order chi connectivity index (χ0) is 29.4. The molecular weight excluding hydrogens is 573 g/mol. The van der Waals surface area contributed by atoms with Crippen LogP contribution < -0.4 is 15.9 Å². The molecule has 0 radical (unpaired) electrons. The molecule has 5 nitrogen and oxygen atoms in total. The highest BCUT2D eigenvalue weighted by Crippen LogP contribution is 2.56. The Kier molecular flexibility index (Phi) is 11.1. The molecule has 0 aromatic heterocycles. The monoisotopic (exact) mass is 614 g/mol. The standard InChI is InChI=1S/C35H37NO4PS.CH4/c37-36(38)34-28-35-30(24-26-42(35,39)40)27-29(34)17-9-4-2-1-3-5-16-25-41(31-18-10-6-11-19-31,32-20-12-7-13-21-32)33-22-14-8-15-23-33;/h6-8,10-15,18-24,26-28H,1-5,9,16-17,25H2;1H4/q+1;. The van der Waals surface area contributed by atoms with Crippen molar-refractivity contribution < 1.29 is 13.3 Å². The predicted octanol–water partition coefficient (Wildman–Crippen LogP) is 8.26. The van der Waals surface area contributed by atoms with E-state index in [1.165, 1.54) is 40.9 Å². The van der Waals surface area contributed by atoms with E-state index in [2.05, 4.69) is 91.0 Å². The molecule has 0 aliphatic carbocycles. The van der Waals surface area contributed by atoms with Crippen molar-refractivity contribution in [3.05, 3.63) is 130 Å². The number of nitrogens with zero attached hydrogens (tertiary/aromatic N) is 1. The molecule has 0 atom stereocenters. The average Bonchev–Trinajstić information content (AvgIpc) is 3.32. The lowest BCUT2D eigenvalue weighted by Crippen LogP contribution is -2.33. The van der Waals surface area contributed by atoms with E-state index in [0.717, 1.165) is 43.7 Å². The van der Waals surface area contributed by atoms with Crippen molar-refractivity contribution >= 4 is 44.8 Å². The average molecular weight is 615 g/mol. The molecule has 4 aromatic rings. The van der Waals surface area contributed by atoms with Gasteiger partial charge in [-0.05, 0) is 79.8 Å². The zero-order valence-corrected chi connectivity index (χ0v) is 25.5. The van der Waals surface area contributed by atoms with Crippen LogP contribution in [0.15, 0.2) is 113 Å². The molecule has 0 spiro atoms. The maximum atomic E-state index is 12.1. The molecule has 5 rings (SSSR count). The first-order valence-electron chi connectivity index (χ1n) is 14.7. The van der Waals surface area contributed by atoms with E-state index in [1.807, 2.05) is 0 Å². The predicted molar refractivity (Wildman–Crippen MR) is 182 cm³/mol. The van der Waals surface area contributed by atoms with Gasteiger partial charge in [-0.2, -0.15) is 0 Å². The van der Waals surface area contributed by atoms with Crippen molar-refractivity contribution in [2.75, 3.05) is 6.16 Å². The van der Waals surface area contributed by atoms with Gasteiger partial charge in [0, 0.05) is 17.0 Å². The summed E-state index contributed by atoms with van der Waals surface area (Å²) in [4.78, 5) is 11.2. The zero-order valence-electron chi connectivity index (χ0n) is 23.8. The lowest BCUT2D eigenvalue weighted by molar-refractivity contribution is -0.385. The second-order valence-electron chi connectivity index (χ2n) is 10.9. The van der Waals surface area contributed by atoms with Gasteiger partial charge in [-0.25, -0.2) is 8.42 Å². The number of fused-ring (bicyclic) bond motifs is 1. The molecule has 4 aromatic carbocycles. The Balaban J connectivity index is 0.00000423. The van der Waals surface area contributed by atoms with E-state index in [-0.39, 0.29) is 18.0 Å². The summed E-state index contributed by atoms with van der Waals surface area (Å²) in [5.41, 5.74) is 1.07. The van der Waals surface area contributed by atoms with Crippen molar-refractivity contribution in [1.29, 1.82) is 0 Å². The topological polar surface area (TPSA) is 77.3 Å². The molecule has 1 aliphatic rings. The van der Waals surface area contributed by atoms with E-state index in [1.54, 1.807) is 6.07 Å². The number of rotatable bonds is 14. The minimum atomic E-state index is -3.56. The number of hydrogen-bond donors (Lipinski definition) is 0. The van der Waals surface area contributed by atoms with Gasteiger partial charge in [0.1, 0.15) is 23.2 Å². The minimum Gasteiger partial charge on any atom is -0.258 e. The quantitative estimate of drug-likeness (QED) is 0.0620. The SMILES string of the molecule is C.O=[N+]([O-])c1cc2c(cc1CCCCCCCCC[P+](c1ccccc1)(c1ccccc1)c1ccccc1)C=CS2(=O)=O. The summed E-state index contributed by atoms with van der Waals surface area (Å²) in [6, 6.07) is 35.9. The number of nitro benzene ring substituents is 1. The van der Waals surface area contributed by atoms with Crippen LogP contribution in [0.1, 0.15) is 63.5 Å². The van der Waals surface area contributed by atoms with Crippen LogP contribution in [-0.2, 0) is 16.3 Å². The summed E-state index contributed by atoms with van der Waals surface area (Å²) in [6.07, 6.45) is 10.8. The first kappa shape index (κ1) is 32.3. The Morgan fingerprint density at radius 2 is 1.12 bits per heavy atom. The molecule has 224 valence electrons. The van der Waals surface area contributed by atoms with Crippen LogP contribution >= 0.6 is 7.26 Å². The number of unbranched alkanes of at least 4 members (excludes halogenated alkanes) is 6. The third kappa shape index (κ3) is 7.31. The Morgan fingerprint density at radius 1 is 0.651 bits per heavy atom. The highest BCUT2D eigenvalue weighted by atomic mass is 32.2. The smallest absolute Gasteiger partial charge is 0.258 e. The number of nitro groups is 1. The molecular formula is C36H41NO4PS+. The van der Waals surface area contributed by atoms with E-state index < -0.39 is 22.0 Å². The van der Waals surface area contributed by atoms with Crippen molar-refractivity contribution in [3.8, 4) is 0 Å². The van der Waals surface area contributed by atoms with Crippen LogP contribution in [0, 0.1) is 10.1 Å². The fourth-order valence-electron chi connectivity index (χ4n) is 6.05. The molecule has 0 unspecified atom stereocenters. The van der Waals surface area contributed by atoms with E-state index in [9.17, 15) is 18.5 Å². The minimum absolute atomic E-state index is 0. The molecule has 0 N–H and O–H groups in total. The fraction of sp³-hybridized carbons (Fsp3) is 0.278. The molecule has 1 aliphatic heterocycles. The molecule has 43 heavy (non-hydrogen) atoms. The number of sulfone groups is 1. The maximum Gasteiger partial charge on any atom is 0.273 e. The largest absolute Gasteiger partial charge is 0.273 e. The van der Waals surface area contributed by atoms with Gasteiger partial charge < -0.3 is 0 Å². The Labute approximate surface area is 257 Å². The Bertz CT molecular complexity index is 1540. The van der Waals surface area contributed by atoms with Crippen LogP contribution in [0.3, 0.4) is 0 Å². The van der Waals surface area contributed by atoms with Crippen molar-refractivity contribution in [2.24, 2.45) is 0 Å². The molecule has 0 fully saturated rings. The van der Waals surface area contributed by atoms with Crippen LogP contribution in [0.2, 0.25) is 0 Å². The molecule has 7 heteroatoms. The first-order valence-corrected chi connectivity index (χ1v) is 18.2. The summed E-state index contributed by atoms with van der Waals surface area (Å²) >= 11 is 0. The maximum absolute atomic E-state index is 12.1. The van der Waals surface area contributed by atoms with Crippen LogP contribution in [0.25, 0.3) is 6.08 Å². The second-order valence-corrected chi connectivity index (χ2v) is 16.3. The van der Waals surface area contributed by atoms with Gasteiger partial charge in [-0.3, -0.25) is 10.1 Å². The van der Waals surface area contributed by atoms with Crippen LogP contribution in [0.5, 0.6) is 0 Å². The van der Waals surface area contributed by atoms with Gasteiger partial charge in [-0.15, -0.1) is 0 Å². The second kappa shape index (κ2) is 14.7. The van der Waals surface area contributed by atoms with Gasteiger partial charge in [-0.1, -0.05) is 87.7 Å². The van der Waals surface area contributed by atoms with Crippen LogP contribution in [0.4, 0.5) is 5.69 Å². The summed E-state index contributed by atoms with van der Waals surface area (Å²) in [7, 11) is -5.34. The fourth-order valence-corrected chi connectivity index (χ4v) is 11.7. The van der Waals surface area contributed by atoms with Crippen molar-refractivity contribution in [3.63, 3.8) is 0 Å². The lowest BCUT2D eigenvalue weighted by atomic mass is 10.0. The number of aryl methyl sites for hydroxylation is 1. The third-order valence-corrected chi connectivity index (χ3v) is 14.2. The third-order valence-electron chi connectivity index (χ3n) is 8.17. The van der Waals surface area contributed by atoms with E-state index in [4.69, 9.17) is 0 Å². The van der Waals surface area contributed by atoms with Gasteiger partial charge in [0.2, 0.25) is 9.84 Å². The van der Waals surface area contributed by atoms with Crippen molar-refractivity contribution in [1.82, 2.24) is 0 Å². The molecule has 1 heterocycles. The van der Waals surface area contributed by atoms with Crippen LogP contribution in [-0.4, -0.2) is 19.5 Å². The Morgan fingerprint density at radius 3 is 1.60 bits per heavy atom. The van der Waals surface area contributed by atoms with Gasteiger partial charge in [0.05, 0.1) is 16.0 Å². The lowest BCUT2D eigenvalue weighted by Gasteiger charge is -2.27. The summed E-state index contributed by atoms with van der Waals surface area (Å²) in [5.74, 6) is 0. The molecule has 0 amide bonds. The van der Waals surface area contributed by atoms with Gasteiger partial charge >= 0.3 is 0 Å². The first-order chi connectivity index (χ1) is 20.4. The highest BCUT2D eigenvalue weighted by molar-refractivity contribution is 7.95. The van der Waals surface area contributed by atoms with E-state index >= 15 is 0 Å². The molecule has 0 bridgehead atoms. The van der Waals surface area contributed by atoms with Crippen molar-refractivity contribution in [2.45, 2.75) is 63.7 Å².